The number of allylic oxidation sites excluding steroid dienone is 8. The number of halogens is 2. The van der Waals surface area contributed by atoms with Crippen molar-refractivity contribution in [2.24, 2.45) is 0 Å². The summed E-state index contributed by atoms with van der Waals surface area (Å²) < 4.78 is 0. The molecular weight excluding hydrogens is 494 g/mol. The molecule has 4 heteroatoms. The van der Waals surface area contributed by atoms with E-state index in [0.717, 1.165) is 22.4 Å². The first-order valence-corrected chi connectivity index (χ1v) is 8.93. The van der Waals surface area contributed by atoms with Crippen molar-refractivity contribution in [2.75, 3.05) is 0 Å². The van der Waals surface area contributed by atoms with Gasteiger partial charge in [-0.15, -0.1) is 37.7 Å². The van der Waals surface area contributed by atoms with Crippen LogP contribution in [0.4, 0.5) is 0 Å². The molecule has 0 amide bonds. The van der Waals surface area contributed by atoms with E-state index >= 15 is 0 Å². The molecule has 0 saturated carbocycles. The van der Waals surface area contributed by atoms with Crippen molar-refractivity contribution < 1.29 is 25.8 Å². The topological polar surface area (TPSA) is 0 Å². The summed E-state index contributed by atoms with van der Waals surface area (Å²) in [4.78, 5) is 0. The maximum atomic E-state index is 3.19. The molecule has 0 atom stereocenters. The van der Waals surface area contributed by atoms with E-state index in [1.807, 2.05) is 0 Å². The Morgan fingerprint density at radius 3 is 1.18 bits per heavy atom. The quantitative estimate of drug-likeness (QED) is 0.293. The predicted molar refractivity (Wildman–Crippen MR) is 104 cm³/mol. The fourth-order valence-electron chi connectivity index (χ4n) is 1.79. The summed E-state index contributed by atoms with van der Waals surface area (Å²) in [5.41, 5.74) is 5.44. The van der Waals surface area contributed by atoms with E-state index in [4.69, 9.17) is 0 Å². The Bertz CT molecular complexity index is 347. The van der Waals surface area contributed by atoms with Gasteiger partial charge in [-0.25, -0.2) is 23.3 Å². The van der Waals surface area contributed by atoms with Gasteiger partial charge < -0.3 is 0 Å². The SMILES string of the molecule is CC1=[C-]CC(C)=C1.CC1=[C-]CC(C)=C1.CC[SiH]CC.Cl.Cl.[Hf]. The van der Waals surface area contributed by atoms with Crippen molar-refractivity contribution in [3.8, 4) is 0 Å². The molecule has 2 aliphatic rings. The van der Waals surface area contributed by atoms with Crippen LogP contribution in [-0.4, -0.2) is 9.52 Å². The maximum absolute atomic E-state index is 3.19. The van der Waals surface area contributed by atoms with Crippen molar-refractivity contribution >= 4 is 34.3 Å². The summed E-state index contributed by atoms with van der Waals surface area (Å²) in [6.07, 6.45) is 12.8. The van der Waals surface area contributed by atoms with Crippen molar-refractivity contribution in [2.45, 2.75) is 66.5 Å². The van der Waals surface area contributed by atoms with E-state index in [2.05, 4.69) is 65.8 Å². The summed E-state index contributed by atoms with van der Waals surface area (Å²) in [7, 11) is 0.815. The van der Waals surface area contributed by atoms with Crippen LogP contribution in [0.5, 0.6) is 0 Å². The Labute approximate surface area is 172 Å². The maximum Gasteiger partial charge on any atom is 0.0274 e. The summed E-state index contributed by atoms with van der Waals surface area (Å²) >= 11 is 0. The van der Waals surface area contributed by atoms with Crippen LogP contribution in [0.3, 0.4) is 0 Å². The third-order valence-corrected chi connectivity index (χ3v) is 3.95. The zero-order chi connectivity index (χ0) is 14.7. The summed E-state index contributed by atoms with van der Waals surface area (Å²) in [5, 5.41) is 0. The van der Waals surface area contributed by atoms with Gasteiger partial charge in [0.05, 0.1) is 0 Å². The molecule has 2 rings (SSSR count). The Balaban J connectivity index is -0.000000105. The largest absolute Gasteiger partial charge is 0.270 e. The molecule has 0 bridgehead atoms. The average Bonchev–Trinajstić information content (AvgIpc) is 2.90. The van der Waals surface area contributed by atoms with E-state index in [1.54, 1.807) is 0 Å². The minimum absolute atomic E-state index is 0. The van der Waals surface area contributed by atoms with Crippen molar-refractivity contribution in [3.05, 3.63) is 46.6 Å². The summed E-state index contributed by atoms with van der Waals surface area (Å²) in [5.74, 6) is 0. The third kappa shape index (κ3) is 18.7. The third-order valence-electron chi connectivity index (χ3n) is 2.80. The van der Waals surface area contributed by atoms with Crippen LogP contribution in [0.25, 0.3) is 0 Å². The second kappa shape index (κ2) is 19.7. The van der Waals surface area contributed by atoms with Crippen LogP contribution < -0.4 is 0 Å². The predicted octanol–water partition coefficient (Wildman–Crippen LogP) is 6.31. The van der Waals surface area contributed by atoms with Gasteiger partial charge >= 0.3 is 0 Å². The van der Waals surface area contributed by atoms with E-state index in [0.29, 0.717) is 0 Å². The molecule has 1 radical (unpaired) electrons. The van der Waals surface area contributed by atoms with Crippen molar-refractivity contribution in [1.29, 1.82) is 0 Å². The number of rotatable bonds is 2. The number of hydrogen-bond acceptors (Lipinski definition) is 0. The van der Waals surface area contributed by atoms with Crippen LogP contribution >= 0.6 is 24.8 Å². The first-order chi connectivity index (χ1) is 8.99. The molecule has 0 spiro atoms. The van der Waals surface area contributed by atoms with Gasteiger partial charge in [-0.05, 0) is 0 Å². The Kier molecular flexibility index (Phi) is 27.3. The molecule has 0 nitrogen and oxygen atoms in total. The molecule has 0 aromatic rings. The first kappa shape index (κ1) is 30.5. The molecule has 0 unspecified atom stereocenters. The van der Waals surface area contributed by atoms with Gasteiger partial charge in [0, 0.05) is 35.4 Å². The normalized spacial score (nSPS) is 14.1. The van der Waals surface area contributed by atoms with Gasteiger partial charge in [0.1, 0.15) is 0 Å². The van der Waals surface area contributed by atoms with E-state index < -0.39 is 0 Å². The molecule has 0 saturated heterocycles. The second-order valence-electron chi connectivity index (χ2n) is 5.16. The standard InChI is InChI=1S/2C7H9.C4H11Si.2ClH.Hf/c2*1-6-3-4-7(2)5-6;1-3-5-4-2;;;/h2*5H,3H2,1-2H3;5H,3-4H2,1-2H3;2*1H;/q2*-1;;;;. The molecule has 0 aromatic heterocycles. The van der Waals surface area contributed by atoms with Gasteiger partial charge in [0.2, 0.25) is 0 Å². The van der Waals surface area contributed by atoms with Crippen LogP contribution in [0.15, 0.2) is 34.4 Å². The van der Waals surface area contributed by atoms with Crippen LogP contribution in [0.1, 0.15) is 54.4 Å². The van der Waals surface area contributed by atoms with Crippen LogP contribution in [0.2, 0.25) is 12.1 Å². The number of hydrogen-bond donors (Lipinski definition) is 0. The molecule has 0 aliphatic heterocycles. The monoisotopic (exact) mass is 525 g/mol. The summed E-state index contributed by atoms with van der Waals surface area (Å²) in [6.45, 7) is 12.9. The Morgan fingerprint density at radius 2 is 1.14 bits per heavy atom. The van der Waals surface area contributed by atoms with Crippen molar-refractivity contribution in [1.82, 2.24) is 0 Å². The molecule has 0 heterocycles. The molecule has 0 aromatic carbocycles. The molecule has 22 heavy (non-hydrogen) atoms. The Morgan fingerprint density at radius 1 is 0.818 bits per heavy atom. The molecule has 0 fully saturated rings. The van der Waals surface area contributed by atoms with Gasteiger partial charge in [0.15, 0.2) is 0 Å². The zero-order valence-electron chi connectivity index (χ0n) is 14.9. The minimum atomic E-state index is 0. The van der Waals surface area contributed by atoms with Crippen molar-refractivity contribution in [3.63, 3.8) is 0 Å². The van der Waals surface area contributed by atoms with Gasteiger partial charge in [-0.3, -0.25) is 12.2 Å². The van der Waals surface area contributed by atoms with E-state index in [-0.39, 0.29) is 50.7 Å². The second-order valence-corrected chi connectivity index (χ2v) is 7.37. The van der Waals surface area contributed by atoms with Crippen LogP contribution in [-0.2, 0) is 25.8 Å². The van der Waals surface area contributed by atoms with Crippen LogP contribution in [0, 0.1) is 12.2 Å². The zero-order valence-corrected chi connectivity index (χ0v) is 21.3. The molecule has 0 N–H and O–H groups in total. The van der Waals surface area contributed by atoms with E-state index in [9.17, 15) is 0 Å². The van der Waals surface area contributed by atoms with Gasteiger partial charge in [-0.2, -0.15) is 11.1 Å². The fourth-order valence-corrected chi connectivity index (χ4v) is 2.37. The molecular formula is C18H31Cl2HfSi-2. The molecule has 2 aliphatic carbocycles. The first-order valence-electron chi connectivity index (χ1n) is 7.30. The fraction of sp³-hybridized carbons (Fsp3) is 0.556. The smallest absolute Gasteiger partial charge is 0.0274 e. The minimum Gasteiger partial charge on any atom is -0.270 e. The summed E-state index contributed by atoms with van der Waals surface area (Å²) in [6, 6.07) is 2.85. The van der Waals surface area contributed by atoms with Gasteiger partial charge in [-0.1, -0.05) is 53.6 Å². The Hall–Kier alpha value is 0.627. The van der Waals surface area contributed by atoms with Gasteiger partial charge in [0.25, 0.3) is 0 Å². The molecule has 127 valence electrons. The van der Waals surface area contributed by atoms with E-state index in [1.165, 1.54) is 34.4 Å². The average molecular weight is 525 g/mol.